The lowest BCUT2D eigenvalue weighted by molar-refractivity contribution is 0.277. The predicted molar refractivity (Wildman–Crippen MR) is 94.0 cm³/mol. The van der Waals surface area contributed by atoms with Crippen LogP contribution in [0.15, 0.2) is 30.5 Å². The lowest BCUT2D eigenvalue weighted by atomic mass is 10.1. The number of piperidine rings is 1. The van der Waals surface area contributed by atoms with E-state index in [9.17, 15) is 8.42 Å². The Morgan fingerprint density at radius 2 is 1.96 bits per heavy atom. The van der Waals surface area contributed by atoms with E-state index in [0.29, 0.717) is 32.1 Å². The molecule has 0 bridgehead atoms. The Morgan fingerprint density at radius 3 is 2.65 bits per heavy atom. The number of nitrogens with two attached hydrogens (primary N) is 1. The Balaban J connectivity index is 1.74. The number of rotatable bonds is 5. The lowest BCUT2D eigenvalue weighted by Gasteiger charge is -2.32. The maximum absolute atomic E-state index is 12.3. The second-order valence-electron chi connectivity index (χ2n) is 6.32. The zero-order chi connectivity index (χ0) is 16.4. The fourth-order valence-electron chi connectivity index (χ4n) is 3.50. The van der Waals surface area contributed by atoms with Gasteiger partial charge in [0.15, 0.2) is 0 Å². The molecular weight excluding hydrogens is 310 g/mol. The third-order valence-electron chi connectivity index (χ3n) is 4.76. The first-order valence-corrected chi connectivity index (χ1v) is 9.88. The molecule has 1 aliphatic heterocycles. The number of hydrogen-bond acceptors (Lipinski definition) is 3. The van der Waals surface area contributed by atoms with Gasteiger partial charge in [-0.25, -0.2) is 12.7 Å². The van der Waals surface area contributed by atoms with E-state index >= 15 is 0 Å². The summed E-state index contributed by atoms with van der Waals surface area (Å²) in [5.41, 5.74) is 7.98. The largest absolute Gasteiger partial charge is 0.344 e. The molecule has 1 aromatic heterocycles. The quantitative estimate of drug-likeness (QED) is 0.911. The maximum Gasteiger partial charge on any atom is 0.214 e. The van der Waals surface area contributed by atoms with Crippen LogP contribution in [0.25, 0.3) is 10.9 Å². The van der Waals surface area contributed by atoms with Crippen LogP contribution in [0, 0.1) is 6.92 Å². The maximum atomic E-state index is 12.3. The Labute approximate surface area is 138 Å². The molecular formula is C17H25N3O2S. The number of sulfonamides is 1. The molecule has 1 fully saturated rings. The highest BCUT2D eigenvalue weighted by Crippen LogP contribution is 2.30. The SMILES string of the molecule is Cc1cccc2ccn(C3CCN(S(=O)(=O)CCCN)CC3)c12. The summed E-state index contributed by atoms with van der Waals surface area (Å²) in [5.74, 6) is 0.166. The Kier molecular flexibility index (Phi) is 4.75. The van der Waals surface area contributed by atoms with Crippen molar-refractivity contribution in [1.82, 2.24) is 8.87 Å². The molecule has 0 saturated carbocycles. The van der Waals surface area contributed by atoms with Crippen LogP contribution in [0.1, 0.15) is 30.9 Å². The number of aryl methyl sites for hydroxylation is 1. The Hall–Kier alpha value is -1.37. The molecule has 0 amide bonds. The third-order valence-corrected chi connectivity index (χ3v) is 6.72. The molecule has 126 valence electrons. The van der Waals surface area contributed by atoms with Crippen molar-refractivity contribution in [2.45, 2.75) is 32.2 Å². The summed E-state index contributed by atoms with van der Waals surface area (Å²) in [6.45, 7) is 3.75. The van der Waals surface area contributed by atoms with Gasteiger partial charge in [0.25, 0.3) is 0 Å². The lowest BCUT2D eigenvalue weighted by Crippen LogP contribution is -2.40. The Morgan fingerprint density at radius 1 is 1.22 bits per heavy atom. The van der Waals surface area contributed by atoms with Crippen molar-refractivity contribution in [3.8, 4) is 0 Å². The van der Waals surface area contributed by atoms with Crippen molar-refractivity contribution in [3.05, 3.63) is 36.0 Å². The van der Waals surface area contributed by atoms with Crippen LogP contribution < -0.4 is 5.73 Å². The van der Waals surface area contributed by atoms with Crippen LogP contribution in [0.3, 0.4) is 0 Å². The highest BCUT2D eigenvalue weighted by Gasteiger charge is 2.28. The number of hydrogen-bond donors (Lipinski definition) is 1. The van der Waals surface area contributed by atoms with Gasteiger partial charge < -0.3 is 10.3 Å². The average molecular weight is 335 g/mol. The number of benzene rings is 1. The normalized spacial score (nSPS) is 17.8. The van der Waals surface area contributed by atoms with Crippen LogP contribution in [-0.2, 0) is 10.0 Å². The van der Waals surface area contributed by atoms with Gasteiger partial charge in [0, 0.05) is 25.3 Å². The highest BCUT2D eigenvalue weighted by atomic mass is 32.2. The highest BCUT2D eigenvalue weighted by molar-refractivity contribution is 7.89. The van der Waals surface area contributed by atoms with Gasteiger partial charge in [-0.05, 0) is 49.7 Å². The first-order valence-electron chi connectivity index (χ1n) is 8.27. The van der Waals surface area contributed by atoms with E-state index in [1.807, 2.05) is 0 Å². The fraction of sp³-hybridized carbons (Fsp3) is 0.529. The molecule has 1 saturated heterocycles. The molecule has 0 unspecified atom stereocenters. The molecule has 0 radical (unpaired) electrons. The summed E-state index contributed by atoms with van der Waals surface area (Å²) in [6.07, 6.45) is 4.39. The van der Waals surface area contributed by atoms with Gasteiger partial charge in [0.05, 0.1) is 11.3 Å². The minimum absolute atomic E-state index is 0.166. The summed E-state index contributed by atoms with van der Waals surface area (Å²) in [5, 5.41) is 1.25. The minimum Gasteiger partial charge on any atom is -0.344 e. The first kappa shape index (κ1) is 16.5. The number of aromatic nitrogens is 1. The second kappa shape index (κ2) is 6.63. The van der Waals surface area contributed by atoms with E-state index in [1.165, 1.54) is 16.5 Å². The zero-order valence-electron chi connectivity index (χ0n) is 13.6. The monoisotopic (exact) mass is 335 g/mol. The molecule has 5 nitrogen and oxygen atoms in total. The number of fused-ring (bicyclic) bond motifs is 1. The van der Waals surface area contributed by atoms with Gasteiger partial charge in [-0.3, -0.25) is 0 Å². The molecule has 0 spiro atoms. The van der Waals surface area contributed by atoms with Gasteiger partial charge >= 0.3 is 0 Å². The molecule has 23 heavy (non-hydrogen) atoms. The van der Waals surface area contributed by atoms with Crippen molar-refractivity contribution in [2.24, 2.45) is 5.73 Å². The number of para-hydroxylation sites is 1. The fourth-order valence-corrected chi connectivity index (χ4v) is 5.06. The summed E-state index contributed by atoms with van der Waals surface area (Å²) >= 11 is 0. The second-order valence-corrected chi connectivity index (χ2v) is 8.41. The van der Waals surface area contributed by atoms with Crippen LogP contribution in [0.5, 0.6) is 0 Å². The zero-order valence-corrected chi connectivity index (χ0v) is 14.4. The standard InChI is InChI=1S/C17H25N3O2S/c1-14-4-2-5-15-6-12-20(17(14)15)16-7-10-19(11-8-16)23(21,22)13-3-9-18/h2,4-6,12,16H,3,7-11,13,18H2,1H3. The summed E-state index contributed by atoms with van der Waals surface area (Å²) in [4.78, 5) is 0. The Bertz CT molecular complexity index is 774. The van der Waals surface area contributed by atoms with Gasteiger partial charge in [-0.1, -0.05) is 18.2 Å². The van der Waals surface area contributed by atoms with Crippen molar-refractivity contribution < 1.29 is 8.42 Å². The first-order chi connectivity index (χ1) is 11.0. The van der Waals surface area contributed by atoms with Gasteiger partial charge in [0.2, 0.25) is 10.0 Å². The smallest absolute Gasteiger partial charge is 0.214 e. The van der Waals surface area contributed by atoms with E-state index in [0.717, 1.165) is 12.8 Å². The van der Waals surface area contributed by atoms with Crippen LogP contribution in [0.2, 0.25) is 0 Å². The topological polar surface area (TPSA) is 68.3 Å². The summed E-state index contributed by atoms with van der Waals surface area (Å²) in [6, 6.07) is 8.85. The molecule has 1 aliphatic rings. The van der Waals surface area contributed by atoms with E-state index in [1.54, 1.807) is 4.31 Å². The van der Waals surface area contributed by atoms with Gasteiger partial charge in [-0.2, -0.15) is 0 Å². The van der Waals surface area contributed by atoms with Crippen LogP contribution >= 0.6 is 0 Å². The van der Waals surface area contributed by atoms with Crippen LogP contribution in [-0.4, -0.2) is 42.7 Å². The van der Waals surface area contributed by atoms with Crippen LogP contribution in [0.4, 0.5) is 0 Å². The molecule has 2 aromatic rings. The van der Waals surface area contributed by atoms with Gasteiger partial charge in [-0.15, -0.1) is 0 Å². The van der Waals surface area contributed by atoms with Crippen molar-refractivity contribution in [3.63, 3.8) is 0 Å². The predicted octanol–water partition coefficient (Wildman–Crippen LogP) is 2.27. The van der Waals surface area contributed by atoms with E-state index < -0.39 is 10.0 Å². The molecule has 2 N–H and O–H groups in total. The molecule has 1 aromatic carbocycles. The average Bonchev–Trinajstić information content (AvgIpc) is 2.99. The van der Waals surface area contributed by atoms with E-state index in [2.05, 4.69) is 42.0 Å². The van der Waals surface area contributed by atoms with Crippen molar-refractivity contribution in [2.75, 3.05) is 25.4 Å². The van der Waals surface area contributed by atoms with Crippen molar-refractivity contribution in [1.29, 1.82) is 0 Å². The van der Waals surface area contributed by atoms with Crippen molar-refractivity contribution >= 4 is 20.9 Å². The summed E-state index contributed by atoms with van der Waals surface area (Å²) in [7, 11) is -3.14. The molecule has 0 aliphatic carbocycles. The molecule has 0 atom stereocenters. The third kappa shape index (κ3) is 3.29. The molecule has 3 rings (SSSR count). The van der Waals surface area contributed by atoms with E-state index in [-0.39, 0.29) is 5.75 Å². The minimum atomic E-state index is -3.14. The summed E-state index contributed by atoms with van der Waals surface area (Å²) < 4.78 is 28.5. The van der Waals surface area contributed by atoms with E-state index in [4.69, 9.17) is 5.73 Å². The molecule has 6 heteroatoms. The molecule has 2 heterocycles. The number of nitrogens with zero attached hydrogens (tertiary/aromatic N) is 2. The van der Waals surface area contributed by atoms with Gasteiger partial charge in [0.1, 0.15) is 0 Å².